The molecule has 0 heterocycles. The highest BCUT2D eigenvalue weighted by molar-refractivity contribution is 4.63. The van der Waals surface area contributed by atoms with Crippen LogP contribution in [-0.4, -0.2) is 76.4 Å². The largest absolute Gasteiger partial charge is 0.380 e. The van der Waals surface area contributed by atoms with E-state index in [4.69, 9.17) is 4.74 Å². The summed E-state index contributed by atoms with van der Waals surface area (Å²) in [6.07, 6.45) is 2.39. The average molecular weight is 287 g/mol. The van der Waals surface area contributed by atoms with E-state index in [1.165, 1.54) is 19.4 Å². The molecular weight excluding hydrogens is 250 g/mol. The minimum Gasteiger partial charge on any atom is -0.380 e. The van der Waals surface area contributed by atoms with Crippen LogP contribution in [0.15, 0.2) is 0 Å². The van der Waals surface area contributed by atoms with Gasteiger partial charge in [0.25, 0.3) is 0 Å². The van der Waals surface area contributed by atoms with Crippen molar-refractivity contribution in [3.8, 4) is 0 Å². The standard InChI is InChI=1S/C16H37N3O/c1-6-7-13-20-14-9-17-8-10-19(15-16(2)3)12-11-18(4)5/h16-17H,6-15H2,1-5H3. The number of hydrogen-bond donors (Lipinski definition) is 1. The Hall–Kier alpha value is -0.160. The van der Waals surface area contributed by atoms with Gasteiger partial charge in [-0.1, -0.05) is 27.2 Å². The third-order valence-electron chi connectivity index (χ3n) is 3.16. The lowest BCUT2D eigenvalue weighted by molar-refractivity contribution is 0.132. The van der Waals surface area contributed by atoms with Crippen LogP contribution < -0.4 is 5.32 Å². The number of unbranched alkanes of at least 4 members (excludes halogenated alkanes) is 1. The zero-order chi connectivity index (χ0) is 15.2. The number of ether oxygens (including phenoxy) is 1. The van der Waals surface area contributed by atoms with Gasteiger partial charge in [-0.05, 0) is 26.4 Å². The van der Waals surface area contributed by atoms with Crippen LogP contribution in [0.4, 0.5) is 0 Å². The normalized spacial score (nSPS) is 12.0. The topological polar surface area (TPSA) is 27.7 Å². The molecule has 1 N–H and O–H groups in total. The molecule has 0 aliphatic rings. The predicted molar refractivity (Wildman–Crippen MR) is 88.4 cm³/mol. The van der Waals surface area contributed by atoms with E-state index in [-0.39, 0.29) is 0 Å². The predicted octanol–water partition coefficient (Wildman–Crippen LogP) is 1.91. The maximum Gasteiger partial charge on any atom is 0.0590 e. The van der Waals surface area contributed by atoms with Gasteiger partial charge in [-0.15, -0.1) is 0 Å². The van der Waals surface area contributed by atoms with Crippen molar-refractivity contribution in [3.63, 3.8) is 0 Å². The first-order valence-electron chi connectivity index (χ1n) is 8.21. The fourth-order valence-corrected chi connectivity index (χ4v) is 2.01. The van der Waals surface area contributed by atoms with Crippen LogP contribution in [0.1, 0.15) is 33.6 Å². The molecule has 0 saturated carbocycles. The van der Waals surface area contributed by atoms with Crippen LogP contribution in [0.5, 0.6) is 0 Å². The summed E-state index contributed by atoms with van der Waals surface area (Å²) >= 11 is 0. The van der Waals surface area contributed by atoms with Gasteiger partial charge in [-0.3, -0.25) is 0 Å². The molecule has 4 heteroatoms. The molecule has 4 nitrogen and oxygen atoms in total. The summed E-state index contributed by atoms with van der Waals surface area (Å²) in [5, 5.41) is 3.47. The lowest BCUT2D eigenvalue weighted by Gasteiger charge is -2.25. The summed E-state index contributed by atoms with van der Waals surface area (Å²) in [6, 6.07) is 0. The lowest BCUT2D eigenvalue weighted by atomic mass is 10.2. The molecule has 0 aliphatic heterocycles. The van der Waals surface area contributed by atoms with Gasteiger partial charge in [-0.25, -0.2) is 0 Å². The quantitative estimate of drug-likeness (QED) is 0.494. The van der Waals surface area contributed by atoms with Crippen LogP contribution in [0.2, 0.25) is 0 Å². The van der Waals surface area contributed by atoms with Gasteiger partial charge in [0.05, 0.1) is 6.61 Å². The molecule has 0 rings (SSSR count). The molecular formula is C16H37N3O. The summed E-state index contributed by atoms with van der Waals surface area (Å²) in [7, 11) is 4.28. The van der Waals surface area contributed by atoms with Crippen molar-refractivity contribution >= 4 is 0 Å². The lowest BCUT2D eigenvalue weighted by Crippen LogP contribution is -2.39. The Kier molecular flexibility index (Phi) is 13.7. The highest BCUT2D eigenvalue weighted by atomic mass is 16.5. The molecule has 0 aromatic heterocycles. The van der Waals surface area contributed by atoms with Crippen molar-refractivity contribution in [2.24, 2.45) is 5.92 Å². The molecule has 0 saturated heterocycles. The maximum atomic E-state index is 5.54. The van der Waals surface area contributed by atoms with Gasteiger partial charge >= 0.3 is 0 Å². The summed E-state index contributed by atoms with van der Waals surface area (Å²) in [4.78, 5) is 4.80. The van der Waals surface area contributed by atoms with Crippen LogP contribution >= 0.6 is 0 Å². The van der Waals surface area contributed by atoms with E-state index >= 15 is 0 Å². The Labute approximate surface area is 126 Å². The SMILES string of the molecule is CCCCOCCNCCN(CCN(C)C)CC(C)C. The number of rotatable bonds is 14. The average Bonchev–Trinajstić information content (AvgIpc) is 2.38. The van der Waals surface area contributed by atoms with Crippen molar-refractivity contribution in [3.05, 3.63) is 0 Å². The van der Waals surface area contributed by atoms with Crippen molar-refractivity contribution in [1.29, 1.82) is 0 Å². The second-order valence-electron chi connectivity index (χ2n) is 6.21. The number of likely N-dealkylation sites (N-methyl/N-ethyl adjacent to an activating group) is 1. The minimum absolute atomic E-state index is 0.731. The van der Waals surface area contributed by atoms with Gasteiger partial charge in [0.1, 0.15) is 0 Å². The molecule has 0 amide bonds. The van der Waals surface area contributed by atoms with Gasteiger partial charge in [0.2, 0.25) is 0 Å². The summed E-state index contributed by atoms with van der Waals surface area (Å²) in [5.41, 5.74) is 0. The Balaban J connectivity index is 3.57. The second kappa shape index (κ2) is 13.8. The molecule has 0 bridgehead atoms. The van der Waals surface area contributed by atoms with Crippen LogP contribution in [0.25, 0.3) is 0 Å². The summed E-state index contributed by atoms with van der Waals surface area (Å²) in [6.45, 7) is 15.1. The fourth-order valence-electron chi connectivity index (χ4n) is 2.01. The molecule has 0 fully saturated rings. The minimum atomic E-state index is 0.731. The zero-order valence-corrected chi connectivity index (χ0v) is 14.5. The molecule has 0 radical (unpaired) electrons. The molecule has 0 aromatic carbocycles. The first kappa shape index (κ1) is 19.8. The number of nitrogens with zero attached hydrogens (tertiary/aromatic N) is 2. The van der Waals surface area contributed by atoms with E-state index in [1.807, 2.05) is 0 Å². The van der Waals surface area contributed by atoms with Gasteiger partial charge in [-0.2, -0.15) is 0 Å². The number of nitrogens with one attached hydrogen (secondary N) is 1. The van der Waals surface area contributed by atoms with Crippen LogP contribution in [0, 0.1) is 5.92 Å². The molecule has 0 aromatic rings. The fraction of sp³-hybridized carbons (Fsp3) is 1.00. The number of hydrogen-bond acceptors (Lipinski definition) is 4. The first-order valence-corrected chi connectivity index (χ1v) is 8.21. The Morgan fingerprint density at radius 1 is 1.00 bits per heavy atom. The Morgan fingerprint density at radius 2 is 1.75 bits per heavy atom. The van der Waals surface area contributed by atoms with Crippen LogP contribution in [0.3, 0.4) is 0 Å². The highest BCUT2D eigenvalue weighted by Crippen LogP contribution is 1.98. The van der Waals surface area contributed by atoms with Gasteiger partial charge in [0, 0.05) is 45.9 Å². The van der Waals surface area contributed by atoms with E-state index in [2.05, 4.69) is 50.0 Å². The van der Waals surface area contributed by atoms with Crippen LogP contribution in [-0.2, 0) is 4.74 Å². The Bertz CT molecular complexity index is 198. The van der Waals surface area contributed by atoms with Gasteiger partial charge < -0.3 is 19.9 Å². The zero-order valence-electron chi connectivity index (χ0n) is 14.5. The van der Waals surface area contributed by atoms with Crippen molar-refractivity contribution in [2.45, 2.75) is 33.6 Å². The van der Waals surface area contributed by atoms with Crippen molar-refractivity contribution in [2.75, 3.05) is 66.6 Å². The third-order valence-corrected chi connectivity index (χ3v) is 3.16. The first-order chi connectivity index (χ1) is 9.56. The second-order valence-corrected chi connectivity index (χ2v) is 6.21. The van der Waals surface area contributed by atoms with E-state index in [9.17, 15) is 0 Å². The molecule has 0 spiro atoms. The smallest absolute Gasteiger partial charge is 0.0590 e. The van der Waals surface area contributed by atoms with E-state index in [0.29, 0.717) is 0 Å². The van der Waals surface area contributed by atoms with E-state index < -0.39 is 0 Å². The molecule has 20 heavy (non-hydrogen) atoms. The van der Waals surface area contributed by atoms with Gasteiger partial charge in [0.15, 0.2) is 0 Å². The summed E-state index contributed by atoms with van der Waals surface area (Å²) < 4.78 is 5.54. The third kappa shape index (κ3) is 14.3. The molecule has 122 valence electrons. The molecule has 0 aliphatic carbocycles. The Morgan fingerprint density at radius 3 is 2.35 bits per heavy atom. The monoisotopic (exact) mass is 287 g/mol. The van der Waals surface area contributed by atoms with Crippen molar-refractivity contribution in [1.82, 2.24) is 15.1 Å². The highest BCUT2D eigenvalue weighted by Gasteiger charge is 2.07. The molecule has 0 atom stereocenters. The van der Waals surface area contributed by atoms with Crippen molar-refractivity contribution < 1.29 is 4.74 Å². The summed E-state index contributed by atoms with van der Waals surface area (Å²) in [5.74, 6) is 0.731. The molecule has 0 unspecified atom stereocenters. The maximum absolute atomic E-state index is 5.54. The van der Waals surface area contributed by atoms with E-state index in [0.717, 1.165) is 51.9 Å². The van der Waals surface area contributed by atoms with E-state index in [1.54, 1.807) is 0 Å².